The van der Waals surface area contributed by atoms with E-state index in [9.17, 15) is 9.59 Å². The first-order chi connectivity index (χ1) is 5.49. The predicted octanol–water partition coefficient (Wildman–Crippen LogP) is 1.25. The molecule has 0 saturated heterocycles. The fraction of sp³-hybridized carbons (Fsp3) is 0.333. The Morgan fingerprint density at radius 1 is 1.25 bits per heavy atom. The topological polar surface area (TPSA) is 43.4 Å². The molecule has 0 aliphatic carbocycles. The number of hydrogen-bond donors (Lipinski definition) is 0. The molecule has 0 aromatic rings. The van der Waals surface area contributed by atoms with Gasteiger partial charge in [-0.3, -0.25) is 4.79 Å². The van der Waals surface area contributed by atoms with Crippen molar-refractivity contribution >= 4 is 11.8 Å². The predicted molar refractivity (Wildman–Crippen MR) is 45.6 cm³/mol. The Bertz CT molecular complexity index is 238. The summed E-state index contributed by atoms with van der Waals surface area (Å²) < 4.78 is 4.40. The van der Waals surface area contributed by atoms with Gasteiger partial charge in [-0.15, -0.1) is 0 Å². The van der Waals surface area contributed by atoms with E-state index in [1.165, 1.54) is 14.0 Å². The summed E-state index contributed by atoms with van der Waals surface area (Å²) in [6, 6.07) is 0. The van der Waals surface area contributed by atoms with Gasteiger partial charge in [0.1, 0.15) is 0 Å². The van der Waals surface area contributed by atoms with Crippen LogP contribution in [0.2, 0.25) is 0 Å². The maximum absolute atomic E-state index is 10.8. The van der Waals surface area contributed by atoms with E-state index in [-0.39, 0.29) is 17.8 Å². The number of carbonyl (C=O) groups is 2. The lowest BCUT2D eigenvalue weighted by Crippen LogP contribution is -2.06. The van der Waals surface area contributed by atoms with Crippen molar-refractivity contribution in [1.29, 1.82) is 0 Å². The van der Waals surface area contributed by atoms with Gasteiger partial charge in [-0.05, 0) is 12.5 Å². The third-order valence-corrected chi connectivity index (χ3v) is 1.40. The summed E-state index contributed by atoms with van der Waals surface area (Å²) in [6.45, 7) is 8.35. The largest absolute Gasteiger partial charge is 0.466 e. The summed E-state index contributed by atoms with van der Waals surface area (Å²) >= 11 is 0. The zero-order valence-electron chi connectivity index (χ0n) is 7.35. The van der Waals surface area contributed by atoms with Crippen LogP contribution in [0.15, 0.2) is 24.3 Å². The molecule has 0 aromatic heterocycles. The van der Waals surface area contributed by atoms with Crippen LogP contribution in [0.1, 0.15) is 13.3 Å². The molecule has 0 saturated carbocycles. The van der Waals surface area contributed by atoms with Gasteiger partial charge in [0.2, 0.25) is 0 Å². The summed E-state index contributed by atoms with van der Waals surface area (Å²) in [5, 5.41) is 0. The number of ketones is 1. The number of hydrogen-bond acceptors (Lipinski definition) is 3. The molecule has 0 radical (unpaired) electrons. The highest BCUT2D eigenvalue weighted by Gasteiger charge is 2.09. The lowest BCUT2D eigenvalue weighted by molar-refractivity contribution is -0.136. The quantitative estimate of drug-likeness (QED) is 0.468. The molecule has 0 bridgehead atoms. The summed E-state index contributed by atoms with van der Waals surface area (Å²) in [6.07, 6.45) is 0.183. The first-order valence-corrected chi connectivity index (χ1v) is 3.43. The second-order valence-electron chi connectivity index (χ2n) is 2.43. The van der Waals surface area contributed by atoms with E-state index in [2.05, 4.69) is 17.9 Å². The van der Waals surface area contributed by atoms with Crippen LogP contribution in [0, 0.1) is 0 Å². The second-order valence-corrected chi connectivity index (χ2v) is 2.43. The molecule has 12 heavy (non-hydrogen) atoms. The molecule has 0 N–H and O–H groups in total. The van der Waals surface area contributed by atoms with Crippen LogP contribution in [0.3, 0.4) is 0 Å². The van der Waals surface area contributed by atoms with Crippen LogP contribution in [0.25, 0.3) is 0 Å². The lowest BCUT2D eigenvalue weighted by atomic mass is 10.1. The Balaban J connectivity index is 4.11. The fourth-order valence-electron chi connectivity index (χ4n) is 0.599. The summed E-state index contributed by atoms with van der Waals surface area (Å²) in [7, 11) is 1.27. The molecule has 0 unspecified atom stereocenters. The Labute approximate surface area is 71.7 Å². The number of Topliss-reactive ketones (excluding diaryl/α,β-unsaturated/α-hetero) is 1. The van der Waals surface area contributed by atoms with Crippen LogP contribution in [0.5, 0.6) is 0 Å². The van der Waals surface area contributed by atoms with Crippen molar-refractivity contribution in [2.75, 3.05) is 7.11 Å². The van der Waals surface area contributed by atoms with E-state index in [1.54, 1.807) is 0 Å². The molecule has 0 heterocycles. The van der Waals surface area contributed by atoms with Gasteiger partial charge in [0.15, 0.2) is 5.78 Å². The van der Waals surface area contributed by atoms with Crippen molar-refractivity contribution in [1.82, 2.24) is 0 Å². The van der Waals surface area contributed by atoms with Crippen molar-refractivity contribution in [3.63, 3.8) is 0 Å². The normalized spacial score (nSPS) is 8.83. The average Bonchev–Trinajstić information content (AvgIpc) is 2.02. The molecular formula is C9H12O3. The van der Waals surface area contributed by atoms with Crippen molar-refractivity contribution < 1.29 is 14.3 Å². The zero-order valence-corrected chi connectivity index (χ0v) is 7.35. The highest BCUT2D eigenvalue weighted by Crippen LogP contribution is 2.09. The fourth-order valence-corrected chi connectivity index (χ4v) is 0.599. The minimum Gasteiger partial charge on any atom is -0.466 e. The molecule has 66 valence electrons. The van der Waals surface area contributed by atoms with Crippen molar-refractivity contribution in [2.45, 2.75) is 13.3 Å². The molecule has 0 fully saturated rings. The van der Waals surface area contributed by atoms with Gasteiger partial charge < -0.3 is 4.74 Å². The second kappa shape index (κ2) is 4.49. The van der Waals surface area contributed by atoms with Crippen LogP contribution in [-0.4, -0.2) is 18.9 Å². The molecular weight excluding hydrogens is 156 g/mol. The van der Waals surface area contributed by atoms with Crippen LogP contribution in [0.4, 0.5) is 0 Å². The SMILES string of the molecule is C=C(CC(=C)C(=O)OC)C(C)=O. The van der Waals surface area contributed by atoms with Crippen LogP contribution >= 0.6 is 0 Å². The highest BCUT2D eigenvalue weighted by atomic mass is 16.5. The molecule has 0 rings (SSSR count). The monoisotopic (exact) mass is 168 g/mol. The van der Waals surface area contributed by atoms with Gasteiger partial charge >= 0.3 is 5.97 Å². The van der Waals surface area contributed by atoms with Crippen molar-refractivity contribution in [3.05, 3.63) is 24.3 Å². The third kappa shape index (κ3) is 3.14. The van der Waals surface area contributed by atoms with Gasteiger partial charge in [-0.2, -0.15) is 0 Å². The Kier molecular flexibility index (Phi) is 3.97. The maximum atomic E-state index is 10.8. The first kappa shape index (κ1) is 10.6. The number of rotatable bonds is 4. The number of allylic oxidation sites excluding steroid dienone is 1. The number of methoxy groups -OCH3 is 1. The van der Waals surface area contributed by atoms with E-state index in [0.717, 1.165) is 0 Å². The summed E-state index contributed by atoms with van der Waals surface area (Å²) in [5.41, 5.74) is 0.614. The smallest absolute Gasteiger partial charge is 0.333 e. The molecule has 3 heteroatoms. The molecule has 0 aliphatic heterocycles. The Morgan fingerprint density at radius 3 is 2.08 bits per heavy atom. The van der Waals surface area contributed by atoms with Gasteiger partial charge in [0.25, 0.3) is 0 Å². The van der Waals surface area contributed by atoms with E-state index in [1.807, 2.05) is 0 Å². The molecule has 0 atom stereocenters. The molecule has 0 spiro atoms. The Morgan fingerprint density at radius 2 is 1.75 bits per heavy atom. The third-order valence-electron chi connectivity index (χ3n) is 1.40. The maximum Gasteiger partial charge on any atom is 0.333 e. The molecule has 0 amide bonds. The minimum absolute atomic E-state index is 0.139. The molecule has 0 aliphatic rings. The van der Waals surface area contributed by atoms with E-state index >= 15 is 0 Å². The first-order valence-electron chi connectivity index (χ1n) is 3.43. The van der Waals surface area contributed by atoms with Gasteiger partial charge in [-0.1, -0.05) is 13.2 Å². The minimum atomic E-state index is -0.502. The number of ether oxygens (including phenoxy) is 1. The number of carbonyl (C=O) groups excluding carboxylic acids is 2. The van der Waals surface area contributed by atoms with Crippen LogP contribution in [-0.2, 0) is 14.3 Å². The number of esters is 1. The summed E-state index contributed by atoms with van der Waals surface area (Å²) in [4.78, 5) is 21.5. The zero-order chi connectivity index (χ0) is 9.72. The molecule has 0 aromatic carbocycles. The van der Waals surface area contributed by atoms with Crippen molar-refractivity contribution in [2.24, 2.45) is 0 Å². The van der Waals surface area contributed by atoms with Gasteiger partial charge in [-0.25, -0.2) is 4.79 Å². The average molecular weight is 168 g/mol. The lowest BCUT2D eigenvalue weighted by Gasteiger charge is -2.02. The highest BCUT2D eigenvalue weighted by molar-refractivity contribution is 5.96. The Hall–Kier alpha value is -1.38. The van der Waals surface area contributed by atoms with E-state index < -0.39 is 5.97 Å². The summed E-state index contributed by atoms with van der Waals surface area (Å²) in [5.74, 6) is -0.641. The van der Waals surface area contributed by atoms with Gasteiger partial charge in [0, 0.05) is 12.0 Å². The van der Waals surface area contributed by atoms with Gasteiger partial charge in [0.05, 0.1) is 7.11 Å². The van der Waals surface area contributed by atoms with E-state index in [0.29, 0.717) is 5.57 Å². The van der Waals surface area contributed by atoms with Crippen LogP contribution < -0.4 is 0 Å². The standard InChI is InChI=1S/C9H12O3/c1-6(8(3)10)5-7(2)9(11)12-4/h1-2,5H2,3-4H3. The van der Waals surface area contributed by atoms with Crippen molar-refractivity contribution in [3.8, 4) is 0 Å². The van der Waals surface area contributed by atoms with E-state index in [4.69, 9.17) is 0 Å². The molecule has 3 nitrogen and oxygen atoms in total.